The Bertz CT molecular complexity index is 1550. The fourth-order valence-electron chi connectivity index (χ4n) is 3.33. The van der Waals surface area contributed by atoms with Crippen molar-refractivity contribution in [2.24, 2.45) is 5.10 Å². The van der Waals surface area contributed by atoms with E-state index in [1.165, 1.54) is 30.1 Å². The first-order chi connectivity index (χ1) is 17.2. The van der Waals surface area contributed by atoms with Gasteiger partial charge in [0.15, 0.2) is 11.5 Å². The second-order valence-corrected chi connectivity index (χ2v) is 9.22. The van der Waals surface area contributed by atoms with Gasteiger partial charge in [0.2, 0.25) is 5.88 Å². The van der Waals surface area contributed by atoms with E-state index in [1.54, 1.807) is 24.3 Å². The molecule has 36 heavy (non-hydrogen) atoms. The van der Waals surface area contributed by atoms with Crippen molar-refractivity contribution < 1.29 is 14.4 Å². The lowest BCUT2D eigenvalue weighted by Gasteiger charge is -2.13. The van der Waals surface area contributed by atoms with Crippen LogP contribution in [0.4, 0.5) is 5.69 Å². The van der Waals surface area contributed by atoms with E-state index in [0.717, 1.165) is 10.7 Å². The summed E-state index contributed by atoms with van der Waals surface area (Å²) >= 11 is 9.84. The summed E-state index contributed by atoms with van der Waals surface area (Å²) in [7, 11) is 1.44. The third-order valence-corrected chi connectivity index (χ3v) is 5.84. The van der Waals surface area contributed by atoms with Gasteiger partial charge in [-0.25, -0.2) is 9.97 Å². The lowest BCUT2D eigenvalue weighted by molar-refractivity contribution is -0.385. The second-order valence-electron chi connectivity index (χ2n) is 7.90. The summed E-state index contributed by atoms with van der Waals surface area (Å²) < 4.78 is 13.2. The predicted octanol–water partition coefficient (Wildman–Crippen LogP) is 5.92. The van der Waals surface area contributed by atoms with Crippen LogP contribution in [0.3, 0.4) is 0 Å². The van der Waals surface area contributed by atoms with Crippen molar-refractivity contribution in [2.45, 2.75) is 19.8 Å². The zero-order valence-corrected chi connectivity index (χ0v) is 21.6. The number of nitrogens with zero attached hydrogens (tertiary/aromatic N) is 5. The maximum absolute atomic E-state index is 13.2. The molecule has 2 aromatic carbocycles. The molecule has 0 unspecified atom stereocenters. The molecule has 4 aromatic rings. The molecule has 2 aromatic heterocycles. The van der Waals surface area contributed by atoms with Crippen LogP contribution in [0.2, 0.25) is 5.02 Å². The summed E-state index contributed by atoms with van der Waals surface area (Å²) in [5, 5.41) is 15.9. The third kappa shape index (κ3) is 5.21. The number of ether oxygens (including phenoxy) is 2. The Labute approximate surface area is 218 Å². The van der Waals surface area contributed by atoms with Gasteiger partial charge in [-0.3, -0.25) is 14.9 Å². The largest absolute Gasteiger partial charge is 0.493 e. The van der Waals surface area contributed by atoms with Gasteiger partial charge >= 0.3 is 0 Å². The highest BCUT2D eigenvalue weighted by atomic mass is 79.9. The molecule has 0 radical (unpaired) electrons. The lowest BCUT2D eigenvalue weighted by atomic mass is 10.2. The normalized spacial score (nSPS) is 11.4. The zero-order valence-electron chi connectivity index (χ0n) is 19.3. The summed E-state index contributed by atoms with van der Waals surface area (Å²) in [6.45, 7) is 3.85. The highest BCUT2D eigenvalue weighted by Gasteiger charge is 2.16. The van der Waals surface area contributed by atoms with Crippen molar-refractivity contribution in [3.05, 3.63) is 90.0 Å². The van der Waals surface area contributed by atoms with Gasteiger partial charge in [0.25, 0.3) is 11.2 Å². The van der Waals surface area contributed by atoms with Crippen LogP contribution in [-0.4, -0.2) is 32.9 Å². The number of halogens is 2. The average Bonchev–Trinajstić information content (AvgIpc) is 2.85. The number of hydrogen-bond donors (Lipinski definition) is 0. The zero-order chi connectivity index (χ0) is 26.0. The molecule has 0 atom stereocenters. The molecule has 0 fully saturated rings. The summed E-state index contributed by atoms with van der Waals surface area (Å²) in [6, 6.07) is 11.2. The van der Waals surface area contributed by atoms with Crippen LogP contribution >= 0.6 is 27.5 Å². The van der Waals surface area contributed by atoms with Gasteiger partial charge in [-0.15, -0.1) is 0 Å². The van der Waals surface area contributed by atoms with Crippen LogP contribution in [0.15, 0.2) is 63.0 Å². The van der Waals surface area contributed by atoms with E-state index in [9.17, 15) is 14.9 Å². The lowest BCUT2D eigenvalue weighted by Crippen LogP contribution is -2.23. The molecule has 0 aliphatic heterocycles. The molecule has 10 nitrogen and oxygen atoms in total. The van der Waals surface area contributed by atoms with Crippen LogP contribution in [0.5, 0.6) is 17.4 Å². The number of benzene rings is 2. The van der Waals surface area contributed by atoms with Crippen LogP contribution in [0, 0.1) is 10.1 Å². The standard InChI is InChI=1S/C24H19BrClN5O5/c1-13(2)23-29-19-6-4-15(25)10-17(19)24(32)30(23)28-11-14-8-18(26)22(20(9-14)35-3)36-21-7-5-16(12-27-21)31(33)34/h4-13H,1-3H3. The molecule has 0 aliphatic rings. The van der Waals surface area contributed by atoms with Gasteiger partial charge in [0, 0.05) is 22.5 Å². The van der Waals surface area contributed by atoms with Gasteiger partial charge in [-0.2, -0.15) is 9.78 Å². The van der Waals surface area contributed by atoms with E-state index in [2.05, 4.69) is 31.0 Å². The third-order valence-electron chi connectivity index (χ3n) is 5.06. The molecule has 0 saturated carbocycles. The van der Waals surface area contributed by atoms with Crippen molar-refractivity contribution in [2.75, 3.05) is 7.11 Å². The minimum Gasteiger partial charge on any atom is -0.493 e. The fraction of sp³-hybridized carbons (Fsp3) is 0.167. The van der Waals surface area contributed by atoms with Gasteiger partial charge < -0.3 is 9.47 Å². The van der Waals surface area contributed by atoms with Crippen molar-refractivity contribution >= 4 is 50.3 Å². The Morgan fingerprint density at radius 1 is 1.22 bits per heavy atom. The van der Waals surface area contributed by atoms with E-state index >= 15 is 0 Å². The smallest absolute Gasteiger partial charge is 0.287 e. The summed E-state index contributed by atoms with van der Waals surface area (Å²) in [5.41, 5.74) is 0.656. The Balaban J connectivity index is 1.71. The minimum atomic E-state index is -0.557. The molecule has 0 N–H and O–H groups in total. The maximum Gasteiger partial charge on any atom is 0.287 e. The van der Waals surface area contributed by atoms with Crippen molar-refractivity contribution in [1.82, 2.24) is 14.6 Å². The number of methoxy groups -OCH3 is 1. The van der Waals surface area contributed by atoms with Crippen LogP contribution in [0.1, 0.15) is 31.2 Å². The maximum atomic E-state index is 13.2. The molecule has 0 aliphatic carbocycles. The van der Waals surface area contributed by atoms with E-state index in [1.807, 2.05) is 19.9 Å². The molecule has 0 saturated heterocycles. The monoisotopic (exact) mass is 571 g/mol. The first-order valence-electron chi connectivity index (χ1n) is 10.6. The van der Waals surface area contributed by atoms with Gasteiger partial charge in [0.05, 0.1) is 34.2 Å². The number of rotatable bonds is 7. The minimum absolute atomic E-state index is 0.0639. The van der Waals surface area contributed by atoms with E-state index in [-0.39, 0.29) is 39.6 Å². The molecule has 4 rings (SSSR count). The molecule has 0 bridgehead atoms. The fourth-order valence-corrected chi connectivity index (χ4v) is 3.95. The number of fused-ring (bicyclic) bond motifs is 1. The Morgan fingerprint density at radius 2 is 2.00 bits per heavy atom. The van der Waals surface area contributed by atoms with Crippen LogP contribution in [-0.2, 0) is 0 Å². The quantitative estimate of drug-likeness (QED) is 0.153. The number of hydrogen-bond acceptors (Lipinski definition) is 8. The average molecular weight is 573 g/mol. The Hall–Kier alpha value is -3.83. The summed E-state index contributed by atoms with van der Waals surface area (Å²) in [4.78, 5) is 32.0. The SMILES string of the molecule is COc1cc(C=Nn2c(C(C)C)nc3ccc(Br)cc3c2=O)cc(Cl)c1Oc1ccc([N+](=O)[O-])cn1. The predicted molar refractivity (Wildman–Crippen MR) is 140 cm³/mol. The molecule has 2 heterocycles. The number of aromatic nitrogens is 3. The first kappa shape index (κ1) is 25.3. The molecule has 0 amide bonds. The highest BCUT2D eigenvalue weighted by Crippen LogP contribution is 2.38. The summed E-state index contributed by atoms with van der Waals surface area (Å²) in [6.07, 6.45) is 2.55. The Kier molecular flexibility index (Phi) is 7.32. The van der Waals surface area contributed by atoms with E-state index in [4.69, 9.17) is 21.1 Å². The van der Waals surface area contributed by atoms with E-state index in [0.29, 0.717) is 22.3 Å². The van der Waals surface area contributed by atoms with Crippen LogP contribution in [0.25, 0.3) is 10.9 Å². The second kappa shape index (κ2) is 10.4. The van der Waals surface area contributed by atoms with Crippen LogP contribution < -0.4 is 15.0 Å². The molecule has 184 valence electrons. The Morgan fingerprint density at radius 3 is 2.64 bits per heavy atom. The van der Waals surface area contributed by atoms with Gasteiger partial charge in [-0.05, 0) is 35.9 Å². The topological polar surface area (TPSA) is 122 Å². The van der Waals surface area contributed by atoms with Gasteiger partial charge in [-0.1, -0.05) is 41.4 Å². The molecular formula is C24H19BrClN5O5. The van der Waals surface area contributed by atoms with Crippen molar-refractivity contribution in [3.8, 4) is 17.4 Å². The van der Waals surface area contributed by atoms with Gasteiger partial charge in [0.1, 0.15) is 12.0 Å². The first-order valence-corrected chi connectivity index (χ1v) is 11.8. The molecular weight excluding hydrogens is 554 g/mol. The summed E-state index contributed by atoms with van der Waals surface area (Å²) in [5.74, 6) is 0.999. The molecule has 12 heteroatoms. The van der Waals surface area contributed by atoms with Crippen molar-refractivity contribution in [1.29, 1.82) is 0 Å². The number of pyridine rings is 1. The number of nitro groups is 1. The van der Waals surface area contributed by atoms with E-state index < -0.39 is 4.92 Å². The highest BCUT2D eigenvalue weighted by molar-refractivity contribution is 9.10. The molecule has 0 spiro atoms. The van der Waals surface area contributed by atoms with Crippen molar-refractivity contribution in [3.63, 3.8) is 0 Å².